The lowest BCUT2D eigenvalue weighted by Gasteiger charge is -2.02. The Bertz CT molecular complexity index is 208. The van der Waals surface area contributed by atoms with Crippen molar-refractivity contribution in [1.82, 2.24) is 0 Å². The van der Waals surface area contributed by atoms with Crippen molar-refractivity contribution >= 4 is 5.69 Å². The fourth-order valence-corrected chi connectivity index (χ4v) is 0.792. The van der Waals surface area contributed by atoms with Crippen molar-refractivity contribution in [3.05, 3.63) is 24.3 Å². The summed E-state index contributed by atoms with van der Waals surface area (Å²) < 4.78 is 4.94. The Kier molecular flexibility index (Phi) is 2.74. The molecular weight excluding hydrogens is 142 g/mol. The van der Waals surface area contributed by atoms with Gasteiger partial charge in [-0.15, -0.1) is 0 Å². The molecule has 3 heteroatoms. The van der Waals surface area contributed by atoms with E-state index in [1.54, 1.807) is 31.4 Å². The quantitative estimate of drug-likeness (QED) is 0.667. The number of benzene rings is 1. The molecule has 11 heavy (non-hydrogen) atoms. The maximum absolute atomic E-state index is 10.1. The van der Waals surface area contributed by atoms with Crippen LogP contribution in [0.4, 0.5) is 5.69 Å². The molecule has 0 fully saturated rings. The highest BCUT2D eigenvalue weighted by Crippen LogP contribution is 2.14. The van der Waals surface area contributed by atoms with E-state index >= 15 is 0 Å². The second-order valence-electron chi connectivity index (χ2n) is 2.05. The Hall–Kier alpha value is -1.22. The van der Waals surface area contributed by atoms with Crippen LogP contribution in [-0.2, 0) is 5.11 Å². The normalized spacial score (nSPS) is 9.27. The lowest BCUT2D eigenvalue weighted by atomic mass is 10.3. The van der Waals surface area contributed by atoms with Crippen molar-refractivity contribution in [3.8, 4) is 5.75 Å². The van der Waals surface area contributed by atoms with Crippen LogP contribution in [0.5, 0.6) is 5.75 Å². The molecule has 1 N–H and O–H groups in total. The maximum Gasteiger partial charge on any atom is 0.152 e. The zero-order valence-corrected chi connectivity index (χ0v) is 6.33. The Balaban J connectivity index is 2.66. The van der Waals surface area contributed by atoms with E-state index in [0.717, 1.165) is 11.4 Å². The maximum atomic E-state index is 10.1. The standard InChI is InChI=1S/C8H10NO2/c1-11-8-4-2-7(3-5-8)9-6-10/h2-5,9H,6H2,1H3. The van der Waals surface area contributed by atoms with Crippen LogP contribution >= 0.6 is 0 Å². The van der Waals surface area contributed by atoms with Crippen LogP contribution in [0, 0.1) is 0 Å². The third-order valence-electron chi connectivity index (χ3n) is 1.37. The highest BCUT2D eigenvalue weighted by molar-refractivity contribution is 5.45. The largest absolute Gasteiger partial charge is 0.497 e. The number of hydrogen-bond acceptors (Lipinski definition) is 2. The van der Waals surface area contributed by atoms with E-state index in [9.17, 15) is 5.11 Å². The summed E-state index contributed by atoms with van der Waals surface area (Å²) in [5.41, 5.74) is 0.820. The van der Waals surface area contributed by atoms with Gasteiger partial charge in [0, 0.05) is 5.69 Å². The summed E-state index contributed by atoms with van der Waals surface area (Å²) in [5.74, 6) is 0.793. The van der Waals surface area contributed by atoms with Crippen molar-refractivity contribution in [1.29, 1.82) is 0 Å². The van der Waals surface area contributed by atoms with Gasteiger partial charge in [-0.1, -0.05) is 0 Å². The van der Waals surface area contributed by atoms with E-state index in [-0.39, 0.29) is 6.73 Å². The third kappa shape index (κ3) is 2.13. The molecule has 0 saturated carbocycles. The first-order valence-corrected chi connectivity index (χ1v) is 3.33. The molecule has 0 atom stereocenters. The highest BCUT2D eigenvalue weighted by Gasteiger charge is 1.90. The molecule has 0 aliphatic heterocycles. The Morgan fingerprint density at radius 1 is 1.36 bits per heavy atom. The predicted molar refractivity (Wildman–Crippen MR) is 42.2 cm³/mol. The number of rotatable bonds is 3. The second kappa shape index (κ2) is 3.83. The van der Waals surface area contributed by atoms with Crippen LogP contribution < -0.4 is 10.1 Å². The second-order valence-corrected chi connectivity index (χ2v) is 2.05. The van der Waals surface area contributed by atoms with Crippen LogP contribution in [-0.4, -0.2) is 13.8 Å². The molecule has 1 rings (SSSR count). The lowest BCUT2D eigenvalue weighted by Crippen LogP contribution is -1.97. The minimum atomic E-state index is -0.299. The van der Waals surface area contributed by atoms with Gasteiger partial charge in [0.1, 0.15) is 5.75 Å². The minimum absolute atomic E-state index is 0.299. The van der Waals surface area contributed by atoms with Crippen molar-refractivity contribution < 1.29 is 9.84 Å². The summed E-state index contributed by atoms with van der Waals surface area (Å²) in [4.78, 5) is 0. The molecule has 1 aromatic carbocycles. The average molecular weight is 152 g/mol. The van der Waals surface area contributed by atoms with Gasteiger partial charge >= 0.3 is 0 Å². The molecule has 59 valence electrons. The van der Waals surface area contributed by atoms with E-state index in [4.69, 9.17) is 4.74 Å². The molecule has 0 aromatic heterocycles. The van der Waals surface area contributed by atoms with Gasteiger partial charge in [-0.2, -0.15) is 0 Å². The average Bonchev–Trinajstić information content (AvgIpc) is 2.07. The molecule has 0 heterocycles. The zero-order valence-electron chi connectivity index (χ0n) is 6.33. The fraction of sp³-hybridized carbons (Fsp3) is 0.250. The van der Waals surface area contributed by atoms with Gasteiger partial charge in [-0.05, 0) is 24.3 Å². The number of methoxy groups -OCH3 is 1. The van der Waals surface area contributed by atoms with Crippen LogP contribution in [0.1, 0.15) is 0 Å². The van der Waals surface area contributed by atoms with Crippen molar-refractivity contribution in [2.24, 2.45) is 0 Å². The third-order valence-corrected chi connectivity index (χ3v) is 1.37. The topological polar surface area (TPSA) is 41.2 Å². The van der Waals surface area contributed by atoms with E-state index in [0.29, 0.717) is 0 Å². The van der Waals surface area contributed by atoms with Gasteiger partial charge in [0.05, 0.1) is 7.11 Å². The van der Waals surface area contributed by atoms with Crippen LogP contribution in [0.25, 0.3) is 0 Å². The number of nitrogens with one attached hydrogen (secondary N) is 1. The van der Waals surface area contributed by atoms with Gasteiger partial charge in [-0.3, -0.25) is 0 Å². The molecule has 0 amide bonds. The van der Waals surface area contributed by atoms with Gasteiger partial charge < -0.3 is 10.1 Å². The summed E-state index contributed by atoms with van der Waals surface area (Å²) in [6.07, 6.45) is 0. The molecule has 1 radical (unpaired) electrons. The monoisotopic (exact) mass is 152 g/mol. The van der Waals surface area contributed by atoms with E-state index < -0.39 is 0 Å². The van der Waals surface area contributed by atoms with Gasteiger partial charge in [0.15, 0.2) is 6.73 Å². The number of anilines is 1. The highest BCUT2D eigenvalue weighted by atomic mass is 16.5. The van der Waals surface area contributed by atoms with Crippen LogP contribution in [0.15, 0.2) is 24.3 Å². The molecule has 0 aliphatic carbocycles. The molecular formula is C8H10NO2. The molecule has 1 aromatic rings. The zero-order chi connectivity index (χ0) is 8.10. The smallest absolute Gasteiger partial charge is 0.152 e. The molecule has 0 bridgehead atoms. The fourth-order valence-electron chi connectivity index (χ4n) is 0.792. The van der Waals surface area contributed by atoms with Crippen LogP contribution in [0.3, 0.4) is 0 Å². The SMILES string of the molecule is COc1ccc(NC[O])cc1. The Labute approximate surface area is 65.6 Å². The van der Waals surface area contributed by atoms with Crippen LogP contribution in [0.2, 0.25) is 0 Å². The van der Waals surface area contributed by atoms with E-state index in [1.165, 1.54) is 0 Å². The number of ether oxygens (including phenoxy) is 1. The molecule has 0 unspecified atom stereocenters. The first kappa shape index (κ1) is 7.88. The molecule has 0 saturated heterocycles. The Morgan fingerprint density at radius 3 is 2.45 bits per heavy atom. The van der Waals surface area contributed by atoms with Crippen molar-refractivity contribution in [2.45, 2.75) is 0 Å². The molecule has 0 spiro atoms. The minimum Gasteiger partial charge on any atom is -0.497 e. The molecule has 3 nitrogen and oxygen atoms in total. The molecule has 0 aliphatic rings. The van der Waals surface area contributed by atoms with Crippen molar-refractivity contribution in [2.75, 3.05) is 19.2 Å². The van der Waals surface area contributed by atoms with E-state index in [1.807, 2.05) is 0 Å². The number of hydrogen-bond donors (Lipinski definition) is 1. The first-order chi connectivity index (χ1) is 5.36. The predicted octanol–water partition coefficient (Wildman–Crippen LogP) is 1.50. The van der Waals surface area contributed by atoms with Gasteiger partial charge in [0.25, 0.3) is 0 Å². The van der Waals surface area contributed by atoms with Gasteiger partial charge in [0.2, 0.25) is 0 Å². The summed E-state index contributed by atoms with van der Waals surface area (Å²) >= 11 is 0. The summed E-state index contributed by atoms with van der Waals surface area (Å²) in [6.45, 7) is -0.299. The summed E-state index contributed by atoms with van der Waals surface area (Å²) in [6, 6.07) is 7.21. The Morgan fingerprint density at radius 2 is 2.00 bits per heavy atom. The van der Waals surface area contributed by atoms with Gasteiger partial charge in [-0.25, -0.2) is 5.11 Å². The van der Waals surface area contributed by atoms with E-state index in [2.05, 4.69) is 5.32 Å². The summed E-state index contributed by atoms with van der Waals surface area (Å²) in [7, 11) is 1.61. The lowest BCUT2D eigenvalue weighted by molar-refractivity contribution is 0.218. The van der Waals surface area contributed by atoms with Crippen molar-refractivity contribution in [3.63, 3.8) is 0 Å². The first-order valence-electron chi connectivity index (χ1n) is 3.33. The summed E-state index contributed by atoms with van der Waals surface area (Å²) in [5, 5.41) is 12.8.